The van der Waals surface area contributed by atoms with Crippen molar-refractivity contribution in [3.05, 3.63) is 64.6 Å². The fraction of sp³-hybridized carbons (Fsp3) is 0.133. The third kappa shape index (κ3) is 2.25. The Morgan fingerprint density at radius 3 is 2.75 bits per heavy atom. The number of aryl methyl sites for hydroxylation is 1. The van der Waals surface area contributed by atoms with Gasteiger partial charge in [0.05, 0.1) is 5.39 Å². The summed E-state index contributed by atoms with van der Waals surface area (Å²) in [6, 6.07) is 13.5. The van der Waals surface area contributed by atoms with Crippen LogP contribution in [0.4, 0.5) is 5.82 Å². The molecule has 20 heavy (non-hydrogen) atoms. The molecule has 0 aliphatic heterocycles. The SMILES string of the molecule is Cn1nc(NCc2ccccc2)c2ncccc2c1=O. The third-order valence-electron chi connectivity index (χ3n) is 3.11. The molecule has 0 saturated carbocycles. The topological polar surface area (TPSA) is 59.8 Å². The minimum Gasteiger partial charge on any atom is -0.363 e. The normalized spacial score (nSPS) is 10.7. The average Bonchev–Trinajstić information content (AvgIpc) is 2.50. The monoisotopic (exact) mass is 266 g/mol. The quantitative estimate of drug-likeness (QED) is 0.787. The number of anilines is 1. The van der Waals surface area contributed by atoms with Gasteiger partial charge in [-0.2, -0.15) is 5.10 Å². The van der Waals surface area contributed by atoms with Crippen molar-refractivity contribution in [2.75, 3.05) is 5.32 Å². The lowest BCUT2D eigenvalue weighted by molar-refractivity contribution is 0.719. The van der Waals surface area contributed by atoms with Crippen LogP contribution in [-0.4, -0.2) is 14.8 Å². The van der Waals surface area contributed by atoms with Gasteiger partial charge >= 0.3 is 0 Å². The first-order chi connectivity index (χ1) is 9.75. The molecule has 1 aromatic carbocycles. The van der Waals surface area contributed by atoms with Crippen LogP contribution in [0.5, 0.6) is 0 Å². The van der Waals surface area contributed by atoms with Gasteiger partial charge in [0, 0.05) is 19.8 Å². The first-order valence-electron chi connectivity index (χ1n) is 6.35. The van der Waals surface area contributed by atoms with E-state index in [-0.39, 0.29) is 5.56 Å². The summed E-state index contributed by atoms with van der Waals surface area (Å²) in [6.45, 7) is 0.637. The van der Waals surface area contributed by atoms with Gasteiger partial charge in [0.1, 0.15) is 5.52 Å². The van der Waals surface area contributed by atoms with Crippen LogP contribution in [0.1, 0.15) is 5.56 Å². The van der Waals surface area contributed by atoms with Gasteiger partial charge in [-0.15, -0.1) is 0 Å². The largest absolute Gasteiger partial charge is 0.363 e. The molecule has 0 aliphatic rings. The molecule has 3 rings (SSSR count). The molecule has 1 N–H and O–H groups in total. The van der Waals surface area contributed by atoms with Crippen LogP contribution in [0, 0.1) is 0 Å². The third-order valence-corrected chi connectivity index (χ3v) is 3.11. The van der Waals surface area contributed by atoms with Crippen LogP contribution >= 0.6 is 0 Å². The second-order valence-corrected chi connectivity index (χ2v) is 4.52. The molecule has 5 nitrogen and oxygen atoms in total. The predicted molar refractivity (Wildman–Crippen MR) is 78.5 cm³/mol. The molecule has 0 bridgehead atoms. The zero-order chi connectivity index (χ0) is 13.9. The molecule has 0 unspecified atom stereocenters. The van der Waals surface area contributed by atoms with Crippen LogP contribution in [0.3, 0.4) is 0 Å². The minimum atomic E-state index is -0.140. The molecule has 2 aromatic heterocycles. The molecule has 100 valence electrons. The van der Waals surface area contributed by atoms with Crippen LogP contribution in [-0.2, 0) is 13.6 Å². The van der Waals surface area contributed by atoms with E-state index in [0.717, 1.165) is 5.56 Å². The van der Waals surface area contributed by atoms with Crippen molar-refractivity contribution in [2.45, 2.75) is 6.54 Å². The van der Waals surface area contributed by atoms with Gasteiger partial charge in [0.15, 0.2) is 5.82 Å². The van der Waals surface area contributed by atoms with Gasteiger partial charge in [-0.1, -0.05) is 30.3 Å². The van der Waals surface area contributed by atoms with Gasteiger partial charge in [-0.3, -0.25) is 9.78 Å². The Morgan fingerprint density at radius 1 is 1.15 bits per heavy atom. The zero-order valence-corrected chi connectivity index (χ0v) is 11.1. The van der Waals surface area contributed by atoms with E-state index in [1.165, 1.54) is 4.68 Å². The standard InChI is InChI=1S/C15H14N4O/c1-19-15(20)12-8-5-9-16-13(12)14(18-19)17-10-11-6-3-2-4-7-11/h2-9H,10H2,1H3,(H,17,18). The number of aromatic nitrogens is 3. The lowest BCUT2D eigenvalue weighted by Crippen LogP contribution is -2.21. The summed E-state index contributed by atoms with van der Waals surface area (Å²) in [6.07, 6.45) is 1.66. The van der Waals surface area contributed by atoms with Crippen molar-refractivity contribution >= 4 is 16.7 Å². The highest BCUT2D eigenvalue weighted by Gasteiger charge is 2.09. The first kappa shape index (κ1) is 12.3. The highest BCUT2D eigenvalue weighted by Crippen LogP contribution is 2.15. The van der Waals surface area contributed by atoms with Crippen molar-refractivity contribution in [3.63, 3.8) is 0 Å². The summed E-state index contributed by atoms with van der Waals surface area (Å²) in [4.78, 5) is 16.2. The van der Waals surface area contributed by atoms with E-state index in [2.05, 4.69) is 15.4 Å². The van der Waals surface area contributed by atoms with Gasteiger partial charge in [0.2, 0.25) is 0 Å². The van der Waals surface area contributed by atoms with Crippen molar-refractivity contribution in [1.82, 2.24) is 14.8 Å². The van der Waals surface area contributed by atoms with Crippen LogP contribution in [0.15, 0.2) is 53.5 Å². The Labute approximate surface area is 115 Å². The Kier molecular flexibility index (Phi) is 3.16. The fourth-order valence-corrected chi connectivity index (χ4v) is 2.08. The molecule has 0 fully saturated rings. The van der Waals surface area contributed by atoms with E-state index in [1.54, 1.807) is 25.4 Å². The summed E-state index contributed by atoms with van der Waals surface area (Å²) < 4.78 is 1.33. The zero-order valence-electron chi connectivity index (χ0n) is 11.1. The summed E-state index contributed by atoms with van der Waals surface area (Å²) in [5.41, 5.74) is 1.61. The van der Waals surface area contributed by atoms with E-state index in [9.17, 15) is 4.79 Å². The van der Waals surface area contributed by atoms with E-state index >= 15 is 0 Å². The Morgan fingerprint density at radius 2 is 1.95 bits per heavy atom. The first-order valence-corrected chi connectivity index (χ1v) is 6.35. The highest BCUT2D eigenvalue weighted by molar-refractivity contribution is 5.86. The molecule has 0 spiro atoms. The minimum absolute atomic E-state index is 0.140. The molecule has 2 heterocycles. The number of nitrogens with one attached hydrogen (secondary N) is 1. The highest BCUT2D eigenvalue weighted by atomic mass is 16.1. The lowest BCUT2D eigenvalue weighted by atomic mass is 10.2. The molecule has 0 radical (unpaired) electrons. The molecule has 5 heteroatoms. The summed E-state index contributed by atoms with van der Waals surface area (Å²) >= 11 is 0. The van der Waals surface area contributed by atoms with Gasteiger partial charge in [-0.05, 0) is 17.7 Å². The van der Waals surface area contributed by atoms with Crippen molar-refractivity contribution in [2.24, 2.45) is 7.05 Å². The number of rotatable bonds is 3. The Balaban J connectivity index is 2.00. The van der Waals surface area contributed by atoms with Crippen LogP contribution in [0.2, 0.25) is 0 Å². The molecular formula is C15H14N4O. The molecule has 0 saturated heterocycles. The van der Waals surface area contributed by atoms with Gasteiger partial charge in [0.25, 0.3) is 5.56 Å². The fourth-order valence-electron chi connectivity index (χ4n) is 2.08. The van der Waals surface area contributed by atoms with Crippen molar-refractivity contribution in [3.8, 4) is 0 Å². The number of pyridine rings is 1. The van der Waals surface area contributed by atoms with E-state index in [0.29, 0.717) is 23.3 Å². The second kappa shape index (κ2) is 5.13. The lowest BCUT2D eigenvalue weighted by Gasteiger charge is -2.09. The predicted octanol–water partition coefficient (Wildman–Crippen LogP) is 1.94. The van der Waals surface area contributed by atoms with E-state index < -0.39 is 0 Å². The number of nitrogens with zero attached hydrogens (tertiary/aromatic N) is 3. The average molecular weight is 266 g/mol. The molecule has 0 amide bonds. The van der Waals surface area contributed by atoms with Gasteiger partial charge < -0.3 is 5.32 Å². The maximum atomic E-state index is 12.0. The van der Waals surface area contributed by atoms with E-state index in [1.807, 2.05) is 30.3 Å². The maximum absolute atomic E-state index is 12.0. The summed E-state index contributed by atoms with van der Waals surface area (Å²) in [5.74, 6) is 0.617. The molecule has 0 atom stereocenters. The Bertz CT molecular complexity index is 796. The van der Waals surface area contributed by atoms with Crippen LogP contribution in [0.25, 0.3) is 10.9 Å². The maximum Gasteiger partial charge on any atom is 0.276 e. The number of benzene rings is 1. The Hall–Kier alpha value is -2.69. The second-order valence-electron chi connectivity index (χ2n) is 4.52. The smallest absolute Gasteiger partial charge is 0.276 e. The molecular weight excluding hydrogens is 252 g/mol. The number of fused-ring (bicyclic) bond motifs is 1. The van der Waals surface area contributed by atoms with Gasteiger partial charge in [-0.25, -0.2) is 4.68 Å². The number of hydrogen-bond acceptors (Lipinski definition) is 4. The van der Waals surface area contributed by atoms with Crippen molar-refractivity contribution in [1.29, 1.82) is 0 Å². The number of hydrogen-bond donors (Lipinski definition) is 1. The summed E-state index contributed by atoms with van der Waals surface area (Å²) in [7, 11) is 1.64. The summed E-state index contributed by atoms with van der Waals surface area (Å²) in [5, 5.41) is 8.06. The van der Waals surface area contributed by atoms with Crippen LogP contribution < -0.4 is 10.9 Å². The van der Waals surface area contributed by atoms with Crippen molar-refractivity contribution < 1.29 is 0 Å². The molecule has 3 aromatic rings. The molecule has 0 aliphatic carbocycles. The van der Waals surface area contributed by atoms with E-state index in [4.69, 9.17) is 0 Å².